The van der Waals surface area contributed by atoms with Crippen molar-refractivity contribution in [3.8, 4) is 0 Å². The van der Waals surface area contributed by atoms with E-state index in [1.54, 1.807) is 23.7 Å². The summed E-state index contributed by atoms with van der Waals surface area (Å²) < 4.78 is 22.2. The van der Waals surface area contributed by atoms with Gasteiger partial charge in [0, 0.05) is 31.1 Å². The van der Waals surface area contributed by atoms with Crippen molar-refractivity contribution in [3.05, 3.63) is 41.4 Å². The summed E-state index contributed by atoms with van der Waals surface area (Å²) in [5.41, 5.74) is 0.910. The first-order chi connectivity index (χ1) is 10.4. The van der Waals surface area contributed by atoms with Crippen molar-refractivity contribution in [2.45, 2.75) is 17.9 Å². The Bertz CT molecular complexity index is 712. The molecule has 22 heavy (non-hydrogen) atoms. The van der Waals surface area contributed by atoms with E-state index in [0.29, 0.717) is 24.6 Å². The first kappa shape index (κ1) is 16.6. The SMILES string of the molecule is NS(=O)(=O)c1ccc(CNCCC(=O)Nc2nccs2)cc1. The number of carbonyl (C=O) groups excluding carboxylic acids is 1. The van der Waals surface area contributed by atoms with Gasteiger partial charge in [-0.3, -0.25) is 4.79 Å². The van der Waals surface area contributed by atoms with Crippen LogP contribution in [0.1, 0.15) is 12.0 Å². The predicted molar refractivity (Wildman–Crippen MR) is 84.9 cm³/mol. The van der Waals surface area contributed by atoms with Gasteiger partial charge >= 0.3 is 0 Å². The minimum absolute atomic E-state index is 0.0825. The number of primary sulfonamides is 1. The molecule has 0 saturated carbocycles. The number of benzene rings is 1. The molecule has 2 rings (SSSR count). The maximum Gasteiger partial charge on any atom is 0.238 e. The van der Waals surface area contributed by atoms with Gasteiger partial charge in [-0.2, -0.15) is 0 Å². The van der Waals surface area contributed by atoms with Gasteiger partial charge in [0.15, 0.2) is 5.13 Å². The Morgan fingerprint density at radius 2 is 2.00 bits per heavy atom. The first-order valence-electron chi connectivity index (χ1n) is 6.47. The molecule has 7 nitrogen and oxygen atoms in total. The average molecular weight is 340 g/mol. The number of carbonyl (C=O) groups is 1. The van der Waals surface area contributed by atoms with Crippen molar-refractivity contribution in [3.63, 3.8) is 0 Å². The van der Waals surface area contributed by atoms with Gasteiger partial charge in [-0.05, 0) is 17.7 Å². The third-order valence-corrected chi connectivity index (χ3v) is 4.41. The summed E-state index contributed by atoms with van der Waals surface area (Å²) in [5, 5.41) is 13.2. The average Bonchev–Trinajstić information content (AvgIpc) is 2.96. The minimum Gasteiger partial charge on any atom is -0.312 e. The standard InChI is InChI=1S/C13H16N4O3S2/c14-22(19,20)11-3-1-10(2-4-11)9-15-6-5-12(18)17-13-16-7-8-21-13/h1-4,7-8,15H,5-6,9H2,(H2,14,19,20)(H,16,17,18). The Morgan fingerprint density at radius 3 is 2.59 bits per heavy atom. The van der Waals surface area contributed by atoms with Crippen molar-refractivity contribution >= 4 is 32.4 Å². The highest BCUT2D eigenvalue weighted by atomic mass is 32.2. The molecule has 2 aromatic rings. The molecule has 0 spiro atoms. The molecule has 0 bridgehead atoms. The number of thiazole rings is 1. The third-order valence-electron chi connectivity index (χ3n) is 2.79. The number of hydrogen-bond donors (Lipinski definition) is 3. The molecule has 118 valence electrons. The summed E-state index contributed by atoms with van der Waals surface area (Å²) in [6.45, 7) is 1.05. The van der Waals surface area contributed by atoms with Crippen molar-refractivity contribution in [1.29, 1.82) is 0 Å². The second-order valence-corrected chi connectivity index (χ2v) is 6.96. The maximum absolute atomic E-state index is 11.6. The first-order valence-corrected chi connectivity index (χ1v) is 8.89. The van der Waals surface area contributed by atoms with Crippen LogP contribution in [0.2, 0.25) is 0 Å². The van der Waals surface area contributed by atoms with Crippen molar-refractivity contribution in [1.82, 2.24) is 10.3 Å². The number of nitrogens with one attached hydrogen (secondary N) is 2. The molecule has 0 fully saturated rings. The highest BCUT2D eigenvalue weighted by Crippen LogP contribution is 2.10. The molecule has 0 aliphatic heterocycles. The van der Waals surface area contributed by atoms with Crippen LogP contribution in [0.4, 0.5) is 5.13 Å². The number of sulfonamides is 1. The smallest absolute Gasteiger partial charge is 0.238 e. The molecular formula is C13H16N4O3S2. The lowest BCUT2D eigenvalue weighted by molar-refractivity contribution is -0.116. The largest absolute Gasteiger partial charge is 0.312 e. The predicted octanol–water partition coefficient (Wildman–Crippen LogP) is 0.909. The molecule has 0 saturated heterocycles. The summed E-state index contributed by atoms with van der Waals surface area (Å²) in [6, 6.07) is 6.29. The number of hydrogen-bond acceptors (Lipinski definition) is 6. The lowest BCUT2D eigenvalue weighted by Gasteiger charge is -2.06. The Morgan fingerprint density at radius 1 is 1.27 bits per heavy atom. The van der Waals surface area contributed by atoms with Crippen molar-refractivity contribution in [2.24, 2.45) is 5.14 Å². The fraction of sp³-hybridized carbons (Fsp3) is 0.231. The molecule has 0 aliphatic rings. The van der Waals surface area contributed by atoms with Gasteiger partial charge in [-0.1, -0.05) is 12.1 Å². The van der Waals surface area contributed by atoms with E-state index in [9.17, 15) is 13.2 Å². The van der Waals surface area contributed by atoms with Gasteiger partial charge in [0.2, 0.25) is 15.9 Å². The van der Waals surface area contributed by atoms with Crippen LogP contribution in [0, 0.1) is 0 Å². The molecule has 0 atom stereocenters. The van der Waals surface area contributed by atoms with E-state index < -0.39 is 10.0 Å². The zero-order valence-electron chi connectivity index (χ0n) is 11.7. The molecule has 1 heterocycles. The topological polar surface area (TPSA) is 114 Å². The molecule has 1 amide bonds. The number of nitrogens with zero attached hydrogens (tertiary/aromatic N) is 1. The lowest BCUT2D eigenvalue weighted by Crippen LogP contribution is -2.21. The van der Waals surface area contributed by atoms with E-state index in [1.807, 2.05) is 0 Å². The fourth-order valence-electron chi connectivity index (χ4n) is 1.70. The van der Waals surface area contributed by atoms with Gasteiger partial charge in [-0.15, -0.1) is 11.3 Å². The molecule has 0 unspecified atom stereocenters. The second-order valence-electron chi connectivity index (χ2n) is 4.50. The zero-order chi connectivity index (χ0) is 16.0. The Labute approximate surface area is 132 Å². The van der Waals surface area contributed by atoms with Gasteiger partial charge in [0.05, 0.1) is 4.90 Å². The maximum atomic E-state index is 11.6. The van der Waals surface area contributed by atoms with E-state index in [4.69, 9.17) is 5.14 Å². The van der Waals surface area contributed by atoms with Crippen molar-refractivity contribution < 1.29 is 13.2 Å². The zero-order valence-corrected chi connectivity index (χ0v) is 13.3. The summed E-state index contributed by atoms with van der Waals surface area (Å²) in [5.74, 6) is -0.105. The van der Waals surface area contributed by atoms with Crippen LogP contribution >= 0.6 is 11.3 Å². The molecule has 0 radical (unpaired) electrons. The Hall–Kier alpha value is -1.81. The minimum atomic E-state index is -3.66. The number of nitrogens with two attached hydrogens (primary N) is 1. The molecule has 1 aromatic heterocycles. The van der Waals surface area contributed by atoms with E-state index in [1.165, 1.54) is 23.5 Å². The lowest BCUT2D eigenvalue weighted by atomic mass is 10.2. The second kappa shape index (κ2) is 7.45. The quantitative estimate of drug-likeness (QED) is 0.648. The van der Waals surface area contributed by atoms with Crippen LogP contribution in [-0.2, 0) is 21.4 Å². The van der Waals surface area contributed by atoms with E-state index in [0.717, 1.165) is 5.56 Å². The summed E-state index contributed by atoms with van der Waals surface area (Å²) in [4.78, 5) is 15.7. The van der Waals surface area contributed by atoms with Crippen LogP contribution in [-0.4, -0.2) is 25.9 Å². The fourth-order valence-corrected chi connectivity index (χ4v) is 2.76. The normalized spacial score (nSPS) is 11.3. The van der Waals surface area contributed by atoms with Crippen molar-refractivity contribution in [2.75, 3.05) is 11.9 Å². The van der Waals surface area contributed by atoms with E-state index >= 15 is 0 Å². The van der Waals surface area contributed by atoms with E-state index in [-0.39, 0.29) is 10.8 Å². The summed E-state index contributed by atoms with van der Waals surface area (Å²) in [6.07, 6.45) is 1.96. The van der Waals surface area contributed by atoms with Gasteiger partial charge in [-0.25, -0.2) is 18.5 Å². The summed E-state index contributed by atoms with van der Waals surface area (Å²) in [7, 11) is -3.66. The highest BCUT2D eigenvalue weighted by molar-refractivity contribution is 7.89. The van der Waals surface area contributed by atoms with Crippen LogP contribution < -0.4 is 15.8 Å². The number of amides is 1. The van der Waals surface area contributed by atoms with Crippen LogP contribution in [0.3, 0.4) is 0 Å². The van der Waals surface area contributed by atoms with Gasteiger partial charge < -0.3 is 10.6 Å². The number of anilines is 1. The Balaban J connectivity index is 1.71. The Kier molecular flexibility index (Phi) is 5.61. The van der Waals surface area contributed by atoms with Gasteiger partial charge in [0.25, 0.3) is 0 Å². The molecule has 1 aromatic carbocycles. The molecule has 9 heteroatoms. The third kappa shape index (κ3) is 5.19. The summed E-state index contributed by atoms with van der Waals surface area (Å²) >= 11 is 1.37. The van der Waals surface area contributed by atoms with E-state index in [2.05, 4.69) is 15.6 Å². The molecular weight excluding hydrogens is 324 g/mol. The van der Waals surface area contributed by atoms with Crippen LogP contribution in [0.25, 0.3) is 0 Å². The number of rotatable bonds is 7. The molecule has 0 aliphatic carbocycles. The van der Waals surface area contributed by atoms with Crippen LogP contribution in [0.15, 0.2) is 40.7 Å². The van der Waals surface area contributed by atoms with Crippen LogP contribution in [0.5, 0.6) is 0 Å². The van der Waals surface area contributed by atoms with Gasteiger partial charge in [0.1, 0.15) is 0 Å². The highest BCUT2D eigenvalue weighted by Gasteiger charge is 2.07. The molecule has 4 N–H and O–H groups in total. The number of aromatic nitrogens is 1. The monoisotopic (exact) mass is 340 g/mol.